The molecule has 1 amide bonds. The summed E-state index contributed by atoms with van der Waals surface area (Å²) in [5.74, 6) is 0.0642. The second-order valence-electron chi connectivity index (χ2n) is 6.11. The molecule has 0 spiro atoms. The number of ether oxygens (including phenoxy) is 1. The van der Waals surface area contributed by atoms with Gasteiger partial charge in [-0.1, -0.05) is 12.1 Å². The molecule has 0 aromatic heterocycles. The molecule has 0 radical (unpaired) electrons. The van der Waals surface area contributed by atoms with E-state index in [1.807, 2.05) is 6.07 Å². The molecule has 2 N–H and O–H groups in total. The molecular formula is C15H17NO3. The molecule has 4 nitrogen and oxygen atoms in total. The van der Waals surface area contributed by atoms with E-state index in [4.69, 9.17) is 4.74 Å². The lowest BCUT2D eigenvalue weighted by atomic mass is 9.66. The van der Waals surface area contributed by atoms with Crippen molar-refractivity contribution in [2.45, 2.75) is 24.7 Å². The highest BCUT2D eigenvalue weighted by Gasteiger charge is 2.63. The second kappa shape index (κ2) is 3.58. The van der Waals surface area contributed by atoms with Gasteiger partial charge in [-0.05, 0) is 30.0 Å². The summed E-state index contributed by atoms with van der Waals surface area (Å²) < 4.78 is 5.47. The number of carbonyl (C=O) groups excluding carboxylic acids is 1. The van der Waals surface area contributed by atoms with E-state index in [-0.39, 0.29) is 23.3 Å². The molecule has 0 atom stereocenters. The second-order valence-corrected chi connectivity index (χ2v) is 6.11. The van der Waals surface area contributed by atoms with Gasteiger partial charge >= 0.3 is 0 Å². The van der Waals surface area contributed by atoms with Crippen molar-refractivity contribution >= 4 is 11.6 Å². The Morgan fingerprint density at radius 1 is 1.32 bits per heavy atom. The standard InChI is InChI=1S/C15H17NO3/c17-7-14(3-4-14)15(8-19-9-15)11-1-2-12-10(5-11)6-13(18)16-12/h1-2,5,17H,3-4,6-9H2,(H,16,18). The van der Waals surface area contributed by atoms with E-state index >= 15 is 0 Å². The van der Waals surface area contributed by atoms with Crippen molar-refractivity contribution in [1.82, 2.24) is 0 Å². The SMILES string of the molecule is O=C1Cc2cc(C3(C4(CO)CC4)COC3)ccc2N1. The van der Waals surface area contributed by atoms with Gasteiger partial charge in [0, 0.05) is 23.1 Å². The summed E-state index contributed by atoms with van der Waals surface area (Å²) in [7, 11) is 0. The van der Waals surface area contributed by atoms with Crippen LogP contribution in [0.3, 0.4) is 0 Å². The molecule has 2 heterocycles. The van der Waals surface area contributed by atoms with Crippen LogP contribution in [0.25, 0.3) is 0 Å². The molecule has 4 heteroatoms. The Kier molecular flexibility index (Phi) is 2.16. The van der Waals surface area contributed by atoms with Crippen LogP contribution in [0, 0.1) is 5.41 Å². The zero-order chi connectivity index (χ0) is 13.1. The van der Waals surface area contributed by atoms with E-state index in [1.165, 1.54) is 5.56 Å². The van der Waals surface area contributed by atoms with Crippen LogP contribution in [-0.2, 0) is 21.4 Å². The van der Waals surface area contributed by atoms with Crippen molar-refractivity contribution in [3.63, 3.8) is 0 Å². The quantitative estimate of drug-likeness (QED) is 0.858. The highest BCUT2D eigenvalue weighted by Crippen LogP contribution is 2.62. The van der Waals surface area contributed by atoms with Crippen LogP contribution in [-0.4, -0.2) is 30.8 Å². The first-order chi connectivity index (χ1) is 9.19. The first-order valence-electron chi connectivity index (χ1n) is 6.81. The van der Waals surface area contributed by atoms with Crippen molar-refractivity contribution < 1.29 is 14.6 Å². The Bertz CT molecular complexity index is 559. The lowest BCUT2D eigenvalue weighted by molar-refractivity contribution is -0.115. The highest BCUT2D eigenvalue weighted by atomic mass is 16.5. The summed E-state index contributed by atoms with van der Waals surface area (Å²) in [5, 5.41) is 12.6. The Morgan fingerprint density at radius 3 is 2.68 bits per heavy atom. The number of hydrogen-bond acceptors (Lipinski definition) is 3. The summed E-state index contributed by atoms with van der Waals surface area (Å²) >= 11 is 0. The summed E-state index contributed by atoms with van der Waals surface area (Å²) in [6.07, 6.45) is 2.61. The maximum absolute atomic E-state index is 11.4. The minimum Gasteiger partial charge on any atom is -0.396 e. The highest BCUT2D eigenvalue weighted by molar-refractivity contribution is 5.99. The van der Waals surface area contributed by atoms with Crippen LogP contribution in [0.5, 0.6) is 0 Å². The molecule has 1 saturated carbocycles. The number of carbonyl (C=O) groups is 1. The van der Waals surface area contributed by atoms with Gasteiger partial charge in [0.05, 0.1) is 19.6 Å². The molecule has 2 aliphatic heterocycles. The Hall–Kier alpha value is -1.39. The number of benzene rings is 1. The van der Waals surface area contributed by atoms with E-state index in [0.29, 0.717) is 19.6 Å². The normalized spacial score (nSPS) is 25.4. The fraction of sp³-hybridized carbons (Fsp3) is 0.533. The lowest BCUT2D eigenvalue weighted by Crippen LogP contribution is -2.55. The molecule has 0 unspecified atom stereocenters. The van der Waals surface area contributed by atoms with Gasteiger partial charge in [-0.3, -0.25) is 4.79 Å². The van der Waals surface area contributed by atoms with Gasteiger partial charge in [0.1, 0.15) is 0 Å². The van der Waals surface area contributed by atoms with Gasteiger partial charge in [0.25, 0.3) is 0 Å². The van der Waals surface area contributed by atoms with Crippen molar-refractivity contribution in [2.75, 3.05) is 25.1 Å². The summed E-state index contributed by atoms with van der Waals surface area (Å²) in [6, 6.07) is 6.21. The lowest BCUT2D eigenvalue weighted by Gasteiger charge is -2.48. The van der Waals surface area contributed by atoms with Crippen molar-refractivity contribution in [3.05, 3.63) is 29.3 Å². The molecule has 1 saturated heterocycles. The van der Waals surface area contributed by atoms with E-state index < -0.39 is 0 Å². The predicted molar refractivity (Wildman–Crippen MR) is 70.0 cm³/mol. The average molecular weight is 259 g/mol. The van der Waals surface area contributed by atoms with Crippen molar-refractivity contribution in [1.29, 1.82) is 0 Å². The van der Waals surface area contributed by atoms with E-state index in [0.717, 1.165) is 24.1 Å². The fourth-order valence-corrected chi connectivity index (χ4v) is 3.55. The van der Waals surface area contributed by atoms with Crippen molar-refractivity contribution in [3.8, 4) is 0 Å². The molecule has 1 aromatic carbocycles. The van der Waals surface area contributed by atoms with Gasteiger partial charge in [-0.15, -0.1) is 0 Å². The Morgan fingerprint density at radius 2 is 2.11 bits per heavy atom. The third kappa shape index (κ3) is 1.38. The molecule has 19 heavy (non-hydrogen) atoms. The number of hydrogen-bond donors (Lipinski definition) is 2. The first-order valence-corrected chi connectivity index (χ1v) is 6.81. The Balaban J connectivity index is 1.76. The van der Waals surface area contributed by atoms with Crippen LogP contribution in [0.4, 0.5) is 5.69 Å². The van der Waals surface area contributed by atoms with E-state index in [2.05, 4.69) is 17.4 Å². The number of aliphatic hydroxyl groups excluding tert-OH is 1. The Labute approximate surface area is 111 Å². The maximum Gasteiger partial charge on any atom is 0.228 e. The van der Waals surface area contributed by atoms with E-state index in [9.17, 15) is 9.90 Å². The van der Waals surface area contributed by atoms with Crippen LogP contribution in [0.15, 0.2) is 18.2 Å². The zero-order valence-electron chi connectivity index (χ0n) is 10.7. The summed E-state index contributed by atoms with van der Waals surface area (Å²) in [5.41, 5.74) is 3.19. The maximum atomic E-state index is 11.4. The molecule has 3 aliphatic rings. The van der Waals surface area contributed by atoms with Crippen LogP contribution in [0.1, 0.15) is 24.0 Å². The first kappa shape index (κ1) is 11.4. The van der Waals surface area contributed by atoms with Crippen LogP contribution >= 0.6 is 0 Å². The third-order valence-corrected chi connectivity index (χ3v) is 5.15. The summed E-state index contributed by atoms with van der Waals surface area (Å²) in [4.78, 5) is 11.4. The number of nitrogens with one attached hydrogen (secondary N) is 1. The van der Waals surface area contributed by atoms with Gasteiger partial charge in [0.15, 0.2) is 0 Å². The number of amides is 1. The number of fused-ring (bicyclic) bond motifs is 1. The number of aliphatic hydroxyl groups is 1. The molecule has 1 aromatic rings. The van der Waals surface area contributed by atoms with Crippen LogP contribution in [0.2, 0.25) is 0 Å². The van der Waals surface area contributed by atoms with Gasteiger partial charge < -0.3 is 15.2 Å². The molecule has 100 valence electrons. The van der Waals surface area contributed by atoms with Gasteiger partial charge in [-0.2, -0.15) is 0 Å². The predicted octanol–water partition coefficient (Wildman–Crippen LogP) is 1.22. The molecule has 2 fully saturated rings. The van der Waals surface area contributed by atoms with Gasteiger partial charge in [-0.25, -0.2) is 0 Å². The monoisotopic (exact) mass is 259 g/mol. The average Bonchev–Trinajstić information content (AvgIpc) is 3.04. The summed E-state index contributed by atoms with van der Waals surface area (Å²) in [6.45, 7) is 1.60. The molecule has 4 rings (SSSR count). The third-order valence-electron chi connectivity index (χ3n) is 5.15. The number of rotatable bonds is 3. The minimum atomic E-state index is -0.0393. The van der Waals surface area contributed by atoms with Crippen molar-refractivity contribution in [2.24, 2.45) is 5.41 Å². The zero-order valence-corrected chi connectivity index (χ0v) is 10.7. The topological polar surface area (TPSA) is 58.6 Å². The van der Waals surface area contributed by atoms with Gasteiger partial charge in [0.2, 0.25) is 5.91 Å². The largest absolute Gasteiger partial charge is 0.396 e. The van der Waals surface area contributed by atoms with E-state index in [1.54, 1.807) is 0 Å². The number of anilines is 1. The smallest absolute Gasteiger partial charge is 0.228 e. The molecular weight excluding hydrogens is 242 g/mol. The van der Waals surface area contributed by atoms with Crippen LogP contribution < -0.4 is 5.32 Å². The minimum absolute atomic E-state index is 0.00945. The molecule has 1 aliphatic carbocycles. The fourth-order valence-electron chi connectivity index (χ4n) is 3.55. The molecule has 0 bridgehead atoms.